The zero-order valence-electron chi connectivity index (χ0n) is 22.1. The Bertz CT molecular complexity index is 1330. The molecule has 1 N–H and O–H groups in total. The van der Waals surface area contributed by atoms with Crippen LogP contribution < -0.4 is 14.4 Å². The van der Waals surface area contributed by atoms with E-state index in [4.69, 9.17) is 4.74 Å². The molecule has 0 bridgehead atoms. The van der Waals surface area contributed by atoms with Gasteiger partial charge in [0.05, 0.1) is 31.6 Å². The van der Waals surface area contributed by atoms with E-state index in [1.165, 1.54) is 10.6 Å². The second-order valence-corrected chi connectivity index (χ2v) is 11.5. The molecular weight excluding hydrogens is 472 g/mol. The quantitative estimate of drug-likeness (QED) is 0.391. The molecule has 0 saturated heterocycles. The number of methoxy groups -OCH3 is 1. The third-order valence-corrected chi connectivity index (χ3v) is 7.59. The SMILES string of the molecule is COc1cc(C)c(C(C)NC(=O)c2ccc(N(Cc3ccccc3C)S(C)(=O)=O)cc2)cc1C(C)C. The molecule has 6 nitrogen and oxygen atoms in total. The number of carbonyl (C=O) groups excluding carboxylic acids is 1. The van der Waals surface area contributed by atoms with E-state index in [0.29, 0.717) is 11.3 Å². The van der Waals surface area contributed by atoms with Gasteiger partial charge in [0.15, 0.2) is 0 Å². The fourth-order valence-corrected chi connectivity index (χ4v) is 5.17. The highest BCUT2D eigenvalue weighted by Crippen LogP contribution is 2.32. The maximum absolute atomic E-state index is 13.0. The van der Waals surface area contributed by atoms with Crippen molar-refractivity contribution in [2.45, 2.75) is 53.1 Å². The van der Waals surface area contributed by atoms with Crippen molar-refractivity contribution in [2.24, 2.45) is 0 Å². The number of hydrogen-bond acceptors (Lipinski definition) is 4. The van der Waals surface area contributed by atoms with Crippen molar-refractivity contribution >= 4 is 21.6 Å². The topological polar surface area (TPSA) is 75.7 Å². The molecule has 192 valence electrons. The lowest BCUT2D eigenvalue weighted by Crippen LogP contribution is -2.30. The summed E-state index contributed by atoms with van der Waals surface area (Å²) in [7, 11) is -1.85. The predicted molar refractivity (Wildman–Crippen MR) is 146 cm³/mol. The molecule has 1 unspecified atom stereocenters. The average Bonchev–Trinajstić information content (AvgIpc) is 2.82. The van der Waals surface area contributed by atoms with Gasteiger partial charge in [-0.1, -0.05) is 38.1 Å². The molecule has 0 radical (unpaired) electrons. The predicted octanol–water partition coefficient (Wildman–Crippen LogP) is 5.89. The van der Waals surface area contributed by atoms with Crippen molar-refractivity contribution in [1.82, 2.24) is 5.32 Å². The highest BCUT2D eigenvalue weighted by molar-refractivity contribution is 7.92. The zero-order valence-corrected chi connectivity index (χ0v) is 22.9. The highest BCUT2D eigenvalue weighted by atomic mass is 32.2. The minimum atomic E-state index is -3.52. The molecule has 3 rings (SSSR count). The van der Waals surface area contributed by atoms with Crippen LogP contribution in [-0.2, 0) is 16.6 Å². The molecular formula is C29H36N2O4S. The number of ether oxygens (including phenoxy) is 1. The van der Waals surface area contributed by atoms with E-state index >= 15 is 0 Å². The maximum Gasteiger partial charge on any atom is 0.251 e. The summed E-state index contributed by atoms with van der Waals surface area (Å²) in [5.41, 5.74) is 6.09. The number of nitrogens with one attached hydrogen (secondary N) is 1. The van der Waals surface area contributed by atoms with Crippen molar-refractivity contribution in [3.63, 3.8) is 0 Å². The summed E-state index contributed by atoms with van der Waals surface area (Å²) in [6.07, 6.45) is 1.19. The van der Waals surface area contributed by atoms with Gasteiger partial charge in [0, 0.05) is 5.56 Å². The monoisotopic (exact) mass is 508 g/mol. The van der Waals surface area contributed by atoms with Gasteiger partial charge in [-0.15, -0.1) is 0 Å². The van der Waals surface area contributed by atoms with Crippen LogP contribution in [0.5, 0.6) is 5.75 Å². The Hall–Kier alpha value is -3.32. The van der Waals surface area contributed by atoms with Crippen LogP contribution in [0.3, 0.4) is 0 Å². The number of nitrogens with zero attached hydrogens (tertiary/aromatic N) is 1. The minimum Gasteiger partial charge on any atom is -0.496 e. The van der Waals surface area contributed by atoms with Gasteiger partial charge in [0.2, 0.25) is 10.0 Å². The number of sulfonamides is 1. The van der Waals surface area contributed by atoms with Crippen LogP contribution in [0.25, 0.3) is 0 Å². The van der Waals surface area contributed by atoms with Gasteiger partial charge in [-0.05, 0) is 90.9 Å². The summed E-state index contributed by atoms with van der Waals surface area (Å²) >= 11 is 0. The van der Waals surface area contributed by atoms with Crippen molar-refractivity contribution in [3.8, 4) is 5.75 Å². The standard InChI is InChI=1S/C29H36N2O4S/c1-19(2)26-17-27(21(4)16-28(26)35-6)22(5)30-29(32)23-12-14-25(15-13-23)31(36(7,33)34)18-24-11-9-8-10-20(24)3/h8-17,19,22H,18H2,1-7H3,(H,30,32). The Balaban J connectivity index is 1.81. The molecule has 3 aromatic carbocycles. The lowest BCUT2D eigenvalue weighted by Gasteiger charge is -2.24. The van der Waals surface area contributed by atoms with E-state index in [1.54, 1.807) is 31.4 Å². The fourth-order valence-electron chi connectivity index (χ4n) is 4.29. The molecule has 1 amide bonds. The Morgan fingerprint density at radius 2 is 1.58 bits per heavy atom. The highest BCUT2D eigenvalue weighted by Gasteiger charge is 2.21. The molecule has 0 spiro atoms. The van der Waals surface area contributed by atoms with Crippen LogP contribution in [-0.4, -0.2) is 27.7 Å². The van der Waals surface area contributed by atoms with Gasteiger partial charge in [-0.25, -0.2) is 8.42 Å². The molecule has 0 fully saturated rings. The second-order valence-electron chi connectivity index (χ2n) is 9.54. The number of anilines is 1. The number of benzene rings is 3. The lowest BCUT2D eigenvalue weighted by atomic mass is 9.93. The van der Waals surface area contributed by atoms with E-state index < -0.39 is 10.0 Å². The third kappa shape index (κ3) is 6.26. The first-order valence-electron chi connectivity index (χ1n) is 12.0. The molecule has 1 atom stereocenters. The molecule has 7 heteroatoms. The van der Waals surface area contributed by atoms with Crippen molar-refractivity contribution in [3.05, 3.63) is 94.0 Å². The fraction of sp³-hybridized carbons (Fsp3) is 0.345. The molecule has 0 saturated carbocycles. The molecule has 36 heavy (non-hydrogen) atoms. The first kappa shape index (κ1) is 27.3. The Morgan fingerprint density at radius 1 is 0.944 bits per heavy atom. The first-order valence-corrected chi connectivity index (χ1v) is 13.9. The molecule has 0 aliphatic rings. The van der Waals surface area contributed by atoms with Gasteiger partial charge in [-0.3, -0.25) is 9.10 Å². The van der Waals surface area contributed by atoms with E-state index in [1.807, 2.05) is 51.1 Å². The summed E-state index contributed by atoms with van der Waals surface area (Å²) in [6.45, 7) is 10.4. The van der Waals surface area contributed by atoms with E-state index in [2.05, 4.69) is 25.2 Å². The van der Waals surface area contributed by atoms with Crippen LogP contribution in [0.2, 0.25) is 0 Å². The number of amides is 1. The van der Waals surface area contributed by atoms with E-state index in [0.717, 1.165) is 33.6 Å². The normalized spacial score (nSPS) is 12.3. The number of rotatable bonds is 9. The van der Waals surface area contributed by atoms with E-state index in [-0.39, 0.29) is 24.4 Å². The van der Waals surface area contributed by atoms with E-state index in [9.17, 15) is 13.2 Å². The summed E-state index contributed by atoms with van der Waals surface area (Å²) in [5, 5.41) is 3.07. The zero-order chi connectivity index (χ0) is 26.6. The summed E-state index contributed by atoms with van der Waals surface area (Å²) in [5.74, 6) is 0.911. The van der Waals surface area contributed by atoms with Gasteiger partial charge in [0.25, 0.3) is 5.91 Å². The molecule has 0 aliphatic heterocycles. The van der Waals surface area contributed by atoms with Gasteiger partial charge in [-0.2, -0.15) is 0 Å². The summed E-state index contributed by atoms with van der Waals surface area (Å²) < 4.78 is 32.0. The Labute approximate surface area is 215 Å². The second kappa shape index (κ2) is 11.2. The Kier molecular flexibility index (Phi) is 8.46. The van der Waals surface area contributed by atoms with Crippen LogP contribution in [0.1, 0.15) is 70.9 Å². The van der Waals surface area contributed by atoms with Gasteiger partial charge < -0.3 is 10.1 Å². The largest absolute Gasteiger partial charge is 0.496 e. The van der Waals surface area contributed by atoms with Crippen LogP contribution in [0.4, 0.5) is 5.69 Å². The van der Waals surface area contributed by atoms with Crippen LogP contribution >= 0.6 is 0 Å². The molecule has 3 aromatic rings. The molecule has 0 aliphatic carbocycles. The third-order valence-electron chi connectivity index (χ3n) is 6.45. The van der Waals surface area contributed by atoms with Gasteiger partial charge >= 0.3 is 0 Å². The molecule has 0 aromatic heterocycles. The lowest BCUT2D eigenvalue weighted by molar-refractivity contribution is 0.0940. The maximum atomic E-state index is 13.0. The Morgan fingerprint density at radius 3 is 2.14 bits per heavy atom. The number of carbonyl (C=O) groups is 1. The number of hydrogen-bond donors (Lipinski definition) is 1. The van der Waals surface area contributed by atoms with Gasteiger partial charge in [0.1, 0.15) is 5.75 Å². The average molecular weight is 509 g/mol. The van der Waals surface area contributed by atoms with Crippen LogP contribution in [0.15, 0.2) is 60.7 Å². The summed E-state index contributed by atoms with van der Waals surface area (Å²) in [6, 6.07) is 18.3. The minimum absolute atomic E-state index is 0.214. The first-order chi connectivity index (χ1) is 16.9. The van der Waals surface area contributed by atoms with Crippen molar-refractivity contribution in [1.29, 1.82) is 0 Å². The molecule has 0 heterocycles. The van der Waals surface area contributed by atoms with Crippen molar-refractivity contribution in [2.75, 3.05) is 17.7 Å². The van der Waals surface area contributed by atoms with Crippen molar-refractivity contribution < 1.29 is 17.9 Å². The van der Waals surface area contributed by atoms with Crippen LogP contribution in [0, 0.1) is 13.8 Å². The number of aryl methyl sites for hydroxylation is 2. The smallest absolute Gasteiger partial charge is 0.251 e. The summed E-state index contributed by atoms with van der Waals surface area (Å²) in [4.78, 5) is 13.0.